The third-order valence-corrected chi connectivity index (χ3v) is 7.50. The lowest BCUT2D eigenvalue weighted by Crippen LogP contribution is -2.30. The van der Waals surface area contributed by atoms with E-state index in [2.05, 4.69) is 20.7 Å². The summed E-state index contributed by atoms with van der Waals surface area (Å²) in [6, 6.07) is 9.41. The molecule has 0 aliphatic heterocycles. The van der Waals surface area contributed by atoms with Crippen LogP contribution in [0.4, 0.5) is 5.69 Å². The Kier molecular flexibility index (Phi) is 6.06. The highest BCUT2D eigenvalue weighted by Crippen LogP contribution is 2.35. The van der Waals surface area contributed by atoms with Crippen molar-refractivity contribution < 1.29 is 23.9 Å². The van der Waals surface area contributed by atoms with E-state index in [0.717, 1.165) is 16.7 Å². The van der Waals surface area contributed by atoms with E-state index >= 15 is 0 Å². The molecule has 3 aromatic heterocycles. The molecule has 0 saturated heterocycles. The van der Waals surface area contributed by atoms with Gasteiger partial charge < -0.3 is 25.9 Å². The summed E-state index contributed by atoms with van der Waals surface area (Å²) in [5.74, 6) is -2.50. The molecule has 2 aromatic carbocycles. The van der Waals surface area contributed by atoms with E-state index in [1.165, 1.54) is 21.3 Å². The number of hydrogen-bond acceptors (Lipinski definition) is 8. The smallest absolute Gasteiger partial charge is 0.419 e. The van der Waals surface area contributed by atoms with Crippen molar-refractivity contribution in [1.82, 2.24) is 29.8 Å². The lowest BCUT2D eigenvalue weighted by Gasteiger charge is -2.16. The van der Waals surface area contributed by atoms with E-state index in [1.807, 2.05) is 0 Å². The van der Waals surface area contributed by atoms with Crippen molar-refractivity contribution in [2.75, 3.05) is 5.73 Å². The van der Waals surface area contributed by atoms with Crippen molar-refractivity contribution in [2.45, 2.75) is 32.4 Å². The van der Waals surface area contributed by atoms with Crippen molar-refractivity contribution in [3.8, 4) is 0 Å². The molecule has 1 aliphatic carbocycles. The fourth-order valence-electron chi connectivity index (χ4n) is 5.31. The monoisotopic (exact) mass is 555 g/mol. The van der Waals surface area contributed by atoms with Gasteiger partial charge in [-0.3, -0.25) is 14.2 Å². The summed E-state index contributed by atoms with van der Waals surface area (Å²) in [7, 11) is 1.59. The molecule has 0 saturated carbocycles. The summed E-state index contributed by atoms with van der Waals surface area (Å²) in [5, 5.41) is 19.4. The van der Waals surface area contributed by atoms with Crippen molar-refractivity contribution in [2.24, 2.45) is 7.05 Å². The molecular weight excluding hydrogens is 530 g/mol. The van der Waals surface area contributed by atoms with Gasteiger partial charge in [-0.1, -0.05) is 12.1 Å². The van der Waals surface area contributed by atoms with Gasteiger partial charge in [-0.05, 0) is 60.2 Å². The molecule has 0 bridgehead atoms. The van der Waals surface area contributed by atoms with Crippen LogP contribution in [0.3, 0.4) is 0 Å². The first-order valence-electron chi connectivity index (χ1n) is 12.8. The largest absolute Gasteiger partial charge is 0.478 e. The molecule has 41 heavy (non-hydrogen) atoms. The van der Waals surface area contributed by atoms with Crippen LogP contribution in [0.15, 0.2) is 51.8 Å². The molecule has 2 amide bonds. The van der Waals surface area contributed by atoms with Crippen LogP contribution in [0.25, 0.3) is 16.7 Å². The zero-order valence-electron chi connectivity index (χ0n) is 22.1. The Morgan fingerprint density at radius 2 is 1.98 bits per heavy atom. The summed E-state index contributed by atoms with van der Waals surface area (Å²) in [5.41, 5.74) is 10.9. The van der Waals surface area contributed by atoms with Crippen LogP contribution in [0.1, 0.15) is 66.1 Å². The van der Waals surface area contributed by atoms with Crippen LogP contribution >= 0.6 is 0 Å². The number of fused-ring (bicyclic) bond motifs is 3. The minimum absolute atomic E-state index is 0.0274. The lowest BCUT2D eigenvalue weighted by atomic mass is 9.98. The van der Waals surface area contributed by atoms with Gasteiger partial charge in [0, 0.05) is 19.7 Å². The van der Waals surface area contributed by atoms with Crippen LogP contribution in [0.5, 0.6) is 0 Å². The fourth-order valence-corrected chi connectivity index (χ4v) is 5.31. The van der Waals surface area contributed by atoms with Crippen LogP contribution in [0, 0.1) is 6.92 Å². The predicted octanol–water partition coefficient (Wildman–Crippen LogP) is 2.11. The number of hydrogen-bond donors (Lipinski definition) is 4. The fraction of sp³-hybridized carbons (Fsp3) is 0.214. The molecule has 0 unspecified atom stereocenters. The Morgan fingerprint density at radius 3 is 2.76 bits per heavy atom. The van der Waals surface area contributed by atoms with Crippen LogP contribution < -0.4 is 22.1 Å². The maximum absolute atomic E-state index is 13.5. The lowest BCUT2D eigenvalue weighted by molar-refractivity contribution is 0.0695. The number of carboxylic acids is 1. The number of carbonyl (C=O) groups is 3. The van der Waals surface area contributed by atoms with E-state index in [4.69, 9.17) is 10.2 Å². The number of amides is 2. The number of rotatable bonds is 6. The Morgan fingerprint density at radius 1 is 1.17 bits per heavy atom. The van der Waals surface area contributed by atoms with Crippen molar-refractivity contribution in [1.29, 1.82) is 0 Å². The number of carboxylic acid groups (broad SMARTS) is 1. The molecule has 5 N–H and O–H groups in total. The third-order valence-electron chi connectivity index (χ3n) is 7.50. The third kappa shape index (κ3) is 4.36. The quantitative estimate of drug-likeness (QED) is 0.243. The van der Waals surface area contributed by atoms with Gasteiger partial charge in [0.15, 0.2) is 11.2 Å². The zero-order valence-corrected chi connectivity index (χ0v) is 22.1. The molecule has 1 atom stereocenters. The maximum atomic E-state index is 13.5. The van der Waals surface area contributed by atoms with E-state index in [9.17, 15) is 24.3 Å². The second-order valence-corrected chi connectivity index (χ2v) is 9.95. The summed E-state index contributed by atoms with van der Waals surface area (Å²) >= 11 is 0. The van der Waals surface area contributed by atoms with Gasteiger partial charge in [-0.15, -0.1) is 0 Å². The maximum Gasteiger partial charge on any atom is 0.419 e. The van der Waals surface area contributed by atoms with Crippen LogP contribution in [-0.2, 0) is 20.0 Å². The number of nitrogens with zero attached hydrogens (tertiary/aromatic N) is 4. The average Bonchev–Trinajstić information content (AvgIpc) is 3.62. The molecule has 13 heteroatoms. The van der Waals surface area contributed by atoms with Gasteiger partial charge in [0.05, 0.1) is 29.0 Å². The summed E-state index contributed by atoms with van der Waals surface area (Å²) in [6.07, 6.45) is 2.58. The molecule has 1 aliphatic rings. The predicted molar refractivity (Wildman–Crippen MR) is 147 cm³/mol. The van der Waals surface area contributed by atoms with E-state index < -0.39 is 23.5 Å². The number of oxazole rings is 1. The highest BCUT2D eigenvalue weighted by Gasteiger charge is 2.29. The normalized spacial score (nSPS) is 14.3. The van der Waals surface area contributed by atoms with Crippen LogP contribution in [0.2, 0.25) is 0 Å². The van der Waals surface area contributed by atoms with Crippen molar-refractivity contribution >= 4 is 40.2 Å². The molecule has 0 fully saturated rings. The summed E-state index contributed by atoms with van der Waals surface area (Å²) in [4.78, 5) is 54.3. The highest BCUT2D eigenvalue weighted by molar-refractivity contribution is 5.99. The van der Waals surface area contributed by atoms with Crippen molar-refractivity contribution in [3.63, 3.8) is 0 Å². The minimum Gasteiger partial charge on any atom is -0.478 e. The first-order chi connectivity index (χ1) is 19.6. The van der Waals surface area contributed by atoms with E-state index in [-0.39, 0.29) is 40.9 Å². The Labute approximate surface area is 231 Å². The molecule has 0 radical (unpaired) electrons. The van der Waals surface area contributed by atoms with Gasteiger partial charge in [-0.2, -0.15) is 5.10 Å². The number of carbonyl (C=O) groups excluding carboxylic acids is 2. The van der Waals surface area contributed by atoms with Crippen LogP contribution in [-0.4, -0.2) is 42.1 Å². The first kappa shape index (κ1) is 25.8. The molecule has 6 rings (SSSR count). The second-order valence-electron chi connectivity index (χ2n) is 9.95. The number of nitrogens with one attached hydrogen (secondary N) is 2. The molecular formula is C28H25N7O6. The number of aromatic carboxylic acids is 1. The molecule has 3 heterocycles. The van der Waals surface area contributed by atoms with Gasteiger partial charge in [0.25, 0.3) is 11.8 Å². The number of aromatic nitrogens is 4. The molecule has 13 nitrogen and oxygen atoms in total. The SMILES string of the molecule is Cc1c(C(=O)O)ccc2c1CC[C@@H]2NC(=O)c1cc(C(=O)NCc2ccc3oc(=O)n(C)c3c2)nc2c(N)cnn12. The number of nitrogen functional groups attached to an aromatic ring is 1. The number of nitrogens with two attached hydrogens (primary N) is 1. The molecule has 208 valence electrons. The topological polar surface area (TPSA) is 187 Å². The van der Waals surface area contributed by atoms with Gasteiger partial charge in [0.2, 0.25) is 0 Å². The number of benzene rings is 2. The van der Waals surface area contributed by atoms with E-state index in [0.29, 0.717) is 29.5 Å². The number of aryl methyl sites for hydroxylation is 1. The highest BCUT2D eigenvalue weighted by atomic mass is 16.4. The van der Waals surface area contributed by atoms with Gasteiger partial charge in [0.1, 0.15) is 11.4 Å². The zero-order chi connectivity index (χ0) is 29.0. The first-order valence-corrected chi connectivity index (χ1v) is 12.8. The summed E-state index contributed by atoms with van der Waals surface area (Å²) in [6.45, 7) is 1.90. The second kappa shape index (κ2) is 9.62. The Hall–Kier alpha value is -5.46. The summed E-state index contributed by atoms with van der Waals surface area (Å²) < 4.78 is 7.80. The molecule has 0 spiro atoms. The Bertz CT molecular complexity index is 1970. The molecule has 5 aromatic rings. The number of anilines is 1. The average molecular weight is 556 g/mol. The van der Waals surface area contributed by atoms with Gasteiger partial charge >= 0.3 is 11.7 Å². The Balaban J connectivity index is 1.26. The minimum atomic E-state index is -0.994. The van der Waals surface area contributed by atoms with Gasteiger partial charge in [-0.25, -0.2) is 19.1 Å². The van der Waals surface area contributed by atoms with Crippen molar-refractivity contribution in [3.05, 3.63) is 92.4 Å². The standard InChI is InChI=1S/C28H25N7O6/c1-13-15-6-7-19(17(15)5-4-16(13)27(38)39)33-26(37)22-10-20(32-24-18(29)12-31-35(22)24)25(36)30-11-14-3-8-23-21(9-14)34(2)28(40)41-23/h3-5,8-10,12,19H,6-7,11,29H2,1-2H3,(H,30,36)(H,33,37)(H,38,39)/t19-/m0/s1. The van der Waals surface area contributed by atoms with E-state index in [1.54, 1.807) is 44.3 Å².